The molecule has 172 valence electrons. The third-order valence-electron chi connectivity index (χ3n) is 9.68. The van der Waals surface area contributed by atoms with Gasteiger partial charge in [-0.15, -0.1) is 0 Å². The van der Waals surface area contributed by atoms with E-state index in [1.807, 2.05) is 0 Å². The molecule has 0 spiro atoms. The molecule has 0 saturated heterocycles. The van der Waals surface area contributed by atoms with Gasteiger partial charge in [-0.1, -0.05) is 84.5 Å². The fraction of sp³-hybridized carbons (Fsp3) is 0.966. The van der Waals surface area contributed by atoms with E-state index in [1.54, 1.807) is 12.8 Å². The Bertz CT molecular complexity index is 493. The summed E-state index contributed by atoms with van der Waals surface area (Å²) >= 11 is 0. The average molecular weight is 414 g/mol. The second-order valence-electron chi connectivity index (χ2n) is 11.7. The predicted molar refractivity (Wildman–Crippen MR) is 129 cm³/mol. The summed E-state index contributed by atoms with van der Waals surface area (Å²) < 4.78 is 0. The number of unbranched alkanes of at least 4 members (excludes halogenated alkanes) is 2. The lowest BCUT2D eigenvalue weighted by atomic mass is 9.66. The molecule has 3 saturated carbocycles. The minimum absolute atomic E-state index is 0.0400. The highest BCUT2D eigenvalue weighted by molar-refractivity contribution is 5.01. The topological polar surface area (TPSA) is 23.8 Å². The summed E-state index contributed by atoms with van der Waals surface area (Å²) in [5.41, 5.74) is 0.0400. The van der Waals surface area contributed by atoms with Gasteiger partial charge in [-0.25, -0.2) is 0 Å². The van der Waals surface area contributed by atoms with E-state index in [1.165, 1.54) is 109 Å². The molecule has 0 aromatic heterocycles. The van der Waals surface area contributed by atoms with E-state index >= 15 is 0 Å². The van der Waals surface area contributed by atoms with Crippen LogP contribution in [0, 0.1) is 46.3 Å². The number of rotatable bonds is 10. The van der Waals surface area contributed by atoms with Crippen LogP contribution >= 0.6 is 0 Å². The molecule has 0 N–H and O–H groups in total. The molecule has 1 nitrogen and oxygen atoms in total. The second-order valence-corrected chi connectivity index (χ2v) is 11.7. The Morgan fingerprint density at radius 2 is 1.13 bits per heavy atom. The molecule has 0 aliphatic heterocycles. The van der Waals surface area contributed by atoms with Crippen LogP contribution in [0.4, 0.5) is 0 Å². The summed E-state index contributed by atoms with van der Waals surface area (Å²) in [6.07, 6.45) is 28.3. The second kappa shape index (κ2) is 12.5. The normalized spacial score (nSPS) is 37.6. The zero-order valence-electron chi connectivity index (χ0n) is 20.5. The van der Waals surface area contributed by atoms with E-state index in [9.17, 15) is 5.26 Å². The van der Waals surface area contributed by atoms with Crippen molar-refractivity contribution in [2.75, 3.05) is 0 Å². The molecule has 0 bridgehead atoms. The summed E-state index contributed by atoms with van der Waals surface area (Å²) in [7, 11) is 0. The van der Waals surface area contributed by atoms with Gasteiger partial charge in [-0.05, 0) is 87.4 Å². The lowest BCUT2D eigenvalue weighted by Gasteiger charge is -2.39. The summed E-state index contributed by atoms with van der Waals surface area (Å²) in [5.74, 6) is 5.15. The Morgan fingerprint density at radius 3 is 1.60 bits per heavy atom. The van der Waals surface area contributed by atoms with Gasteiger partial charge in [0.15, 0.2) is 0 Å². The first-order valence-electron chi connectivity index (χ1n) is 14.1. The van der Waals surface area contributed by atoms with Crippen LogP contribution in [0.5, 0.6) is 0 Å². The highest BCUT2D eigenvalue weighted by atomic mass is 14.4. The van der Waals surface area contributed by atoms with Gasteiger partial charge in [0.25, 0.3) is 0 Å². The summed E-state index contributed by atoms with van der Waals surface area (Å²) in [5, 5.41) is 9.64. The van der Waals surface area contributed by atoms with Crippen LogP contribution in [0.1, 0.15) is 142 Å². The maximum Gasteiger partial charge on any atom is 0.0689 e. The highest BCUT2D eigenvalue weighted by Crippen LogP contribution is 2.46. The van der Waals surface area contributed by atoms with Gasteiger partial charge in [-0.3, -0.25) is 0 Å². The molecular weight excluding hydrogens is 362 g/mol. The monoisotopic (exact) mass is 413 g/mol. The van der Waals surface area contributed by atoms with Gasteiger partial charge in [0.05, 0.1) is 11.5 Å². The number of nitriles is 1. The van der Waals surface area contributed by atoms with Crippen molar-refractivity contribution in [1.82, 2.24) is 0 Å². The first-order valence-corrected chi connectivity index (χ1v) is 14.1. The Hall–Kier alpha value is -0.510. The van der Waals surface area contributed by atoms with Crippen LogP contribution in [-0.2, 0) is 0 Å². The molecule has 30 heavy (non-hydrogen) atoms. The fourth-order valence-electron chi connectivity index (χ4n) is 7.47. The zero-order valence-corrected chi connectivity index (χ0v) is 20.5. The minimum atomic E-state index is 0.0400. The number of nitrogens with zero attached hydrogens (tertiary/aromatic N) is 1. The Kier molecular flexibility index (Phi) is 10.1. The van der Waals surface area contributed by atoms with E-state index in [2.05, 4.69) is 19.9 Å². The molecule has 0 unspecified atom stereocenters. The van der Waals surface area contributed by atoms with E-state index in [-0.39, 0.29) is 5.41 Å². The quantitative estimate of drug-likeness (QED) is 0.327. The van der Waals surface area contributed by atoms with E-state index in [0.29, 0.717) is 0 Å². The van der Waals surface area contributed by atoms with Crippen molar-refractivity contribution in [2.24, 2.45) is 35.0 Å². The van der Waals surface area contributed by atoms with Gasteiger partial charge in [0, 0.05) is 0 Å². The Labute approximate surface area is 188 Å². The van der Waals surface area contributed by atoms with Crippen LogP contribution in [-0.4, -0.2) is 0 Å². The molecule has 3 rings (SSSR count). The van der Waals surface area contributed by atoms with Gasteiger partial charge < -0.3 is 0 Å². The maximum atomic E-state index is 9.64. The van der Waals surface area contributed by atoms with Crippen molar-refractivity contribution in [3.05, 3.63) is 0 Å². The average Bonchev–Trinajstić information content (AvgIpc) is 2.80. The standard InChI is InChI=1S/C29H51N/c1-3-5-6-7-24-10-14-27(15-11-24)28-16-12-25(13-17-28)8-9-26-18-21-29(23-30,20-4-2)22-19-26/h24-28H,3-22H2,1-2H3. The number of hydrogen-bond donors (Lipinski definition) is 0. The molecule has 0 radical (unpaired) electrons. The predicted octanol–water partition coefficient (Wildman–Crippen LogP) is 9.46. The Balaban J connectivity index is 1.28. The molecule has 0 amide bonds. The largest absolute Gasteiger partial charge is 0.198 e. The summed E-state index contributed by atoms with van der Waals surface area (Å²) in [6, 6.07) is 2.70. The third-order valence-corrected chi connectivity index (χ3v) is 9.68. The van der Waals surface area contributed by atoms with E-state index in [0.717, 1.165) is 36.0 Å². The van der Waals surface area contributed by atoms with Crippen molar-refractivity contribution >= 4 is 0 Å². The van der Waals surface area contributed by atoms with Gasteiger partial charge >= 0.3 is 0 Å². The Morgan fingerprint density at radius 1 is 0.633 bits per heavy atom. The molecule has 1 heteroatoms. The van der Waals surface area contributed by atoms with Crippen molar-refractivity contribution in [3.63, 3.8) is 0 Å². The molecule has 3 fully saturated rings. The molecule has 0 aromatic carbocycles. The van der Waals surface area contributed by atoms with Gasteiger partial charge in [0.2, 0.25) is 0 Å². The van der Waals surface area contributed by atoms with Crippen LogP contribution in [0.3, 0.4) is 0 Å². The lowest BCUT2D eigenvalue weighted by molar-refractivity contribution is 0.132. The SMILES string of the molecule is CCCCCC1CCC(C2CCC(CCC3CCC(C#N)(CCC)CC3)CC2)CC1. The zero-order chi connectivity index (χ0) is 21.2. The lowest BCUT2D eigenvalue weighted by Crippen LogP contribution is -2.27. The number of hydrogen-bond acceptors (Lipinski definition) is 1. The fourth-order valence-corrected chi connectivity index (χ4v) is 7.47. The minimum Gasteiger partial charge on any atom is -0.198 e. The van der Waals surface area contributed by atoms with Crippen molar-refractivity contribution in [2.45, 2.75) is 142 Å². The molecular formula is C29H51N. The molecule has 3 aliphatic rings. The van der Waals surface area contributed by atoms with Crippen LogP contribution < -0.4 is 0 Å². The smallest absolute Gasteiger partial charge is 0.0689 e. The molecule has 0 heterocycles. The van der Waals surface area contributed by atoms with Crippen molar-refractivity contribution < 1.29 is 0 Å². The highest BCUT2D eigenvalue weighted by Gasteiger charge is 2.35. The van der Waals surface area contributed by atoms with Gasteiger partial charge in [0.1, 0.15) is 0 Å². The van der Waals surface area contributed by atoms with Gasteiger partial charge in [-0.2, -0.15) is 5.26 Å². The van der Waals surface area contributed by atoms with E-state index in [4.69, 9.17) is 0 Å². The summed E-state index contributed by atoms with van der Waals surface area (Å²) in [4.78, 5) is 0. The molecule has 0 atom stereocenters. The molecule has 0 aromatic rings. The first kappa shape index (κ1) is 24.1. The van der Waals surface area contributed by atoms with Crippen molar-refractivity contribution in [3.8, 4) is 6.07 Å². The van der Waals surface area contributed by atoms with Crippen LogP contribution in [0.15, 0.2) is 0 Å². The third kappa shape index (κ3) is 7.00. The maximum absolute atomic E-state index is 9.64. The van der Waals surface area contributed by atoms with Crippen LogP contribution in [0.2, 0.25) is 0 Å². The summed E-state index contributed by atoms with van der Waals surface area (Å²) in [6.45, 7) is 4.57. The van der Waals surface area contributed by atoms with Crippen molar-refractivity contribution in [1.29, 1.82) is 5.26 Å². The van der Waals surface area contributed by atoms with Crippen LogP contribution in [0.25, 0.3) is 0 Å². The first-order chi connectivity index (χ1) is 14.7. The van der Waals surface area contributed by atoms with E-state index < -0.39 is 0 Å². The molecule has 3 aliphatic carbocycles.